The first-order valence-corrected chi connectivity index (χ1v) is 4.97. The average Bonchev–Trinajstić information content (AvgIpc) is 2.77. The normalized spacial score (nSPS) is 20.4. The predicted molar refractivity (Wildman–Crippen MR) is 50.4 cm³/mol. The molecule has 0 aromatic heterocycles. The molecule has 3 rings (SSSR count). The van der Waals surface area contributed by atoms with Crippen molar-refractivity contribution >= 4 is 0 Å². The number of rotatable bonds is 2. The summed E-state index contributed by atoms with van der Waals surface area (Å²) in [5.41, 5.74) is 0.223. The summed E-state index contributed by atoms with van der Waals surface area (Å²) < 4.78 is 23.5. The third-order valence-corrected chi connectivity index (χ3v) is 2.90. The zero-order chi connectivity index (χ0) is 10.5. The van der Waals surface area contributed by atoms with Crippen molar-refractivity contribution in [1.82, 2.24) is 0 Å². The Labute approximate surface area is 86.4 Å². The van der Waals surface area contributed by atoms with Crippen LogP contribution < -0.4 is 9.47 Å². The van der Waals surface area contributed by atoms with E-state index in [0.29, 0.717) is 12.2 Å². The Kier molecular flexibility index (Phi) is 1.71. The van der Waals surface area contributed by atoms with Crippen molar-refractivity contribution in [2.24, 2.45) is 0 Å². The zero-order valence-electron chi connectivity index (χ0n) is 8.12. The summed E-state index contributed by atoms with van der Waals surface area (Å²) in [6.45, 7) is 0.0572. The molecule has 80 valence electrons. The molecule has 0 saturated heterocycles. The fourth-order valence-corrected chi connectivity index (χ4v) is 1.83. The van der Waals surface area contributed by atoms with Crippen molar-refractivity contribution in [2.75, 3.05) is 6.79 Å². The summed E-state index contributed by atoms with van der Waals surface area (Å²) in [7, 11) is 0. The van der Waals surface area contributed by atoms with Crippen molar-refractivity contribution in [3.05, 3.63) is 23.5 Å². The molecule has 0 amide bonds. The maximum atomic E-state index is 13.3. The molecular formula is C11H11FO3. The molecule has 1 heterocycles. The molecule has 1 N–H and O–H groups in total. The van der Waals surface area contributed by atoms with Crippen LogP contribution in [0.4, 0.5) is 4.39 Å². The molecule has 1 aliphatic heterocycles. The van der Waals surface area contributed by atoms with Gasteiger partial charge >= 0.3 is 0 Å². The standard InChI is InChI=1S/C11H11FO3/c12-8-2-1-7(5-11(13)3-4-11)9-10(8)15-6-14-9/h1-2,13H,3-6H2. The largest absolute Gasteiger partial charge is 0.453 e. The van der Waals surface area contributed by atoms with Crippen LogP contribution in [0.15, 0.2) is 12.1 Å². The smallest absolute Gasteiger partial charge is 0.231 e. The Morgan fingerprint density at radius 3 is 2.73 bits per heavy atom. The molecular weight excluding hydrogens is 199 g/mol. The molecule has 1 saturated carbocycles. The third kappa shape index (κ3) is 1.45. The Morgan fingerprint density at radius 2 is 2.00 bits per heavy atom. The van der Waals surface area contributed by atoms with Gasteiger partial charge in [0.2, 0.25) is 12.5 Å². The van der Waals surface area contributed by atoms with Crippen molar-refractivity contribution in [3.63, 3.8) is 0 Å². The highest BCUT2D eigenvalue weighted by molar-refractivity contribution is 5.50. The first-order chi connectivity index (χ1) is 7.18. The van der Waals surface area contributed by atoms with Crippen LogP contribution in [-0.2, 0) is 6.42 Å². The second-order valence-electron chi connectivity index (χ2n) is 4.17. The number of aliphatic hydroxyl groups is 1. The SMILES string of the molecule is OC1(Cc2ccc(F)c3c2OCO3)CC1. The van der Waals surface area contributed by atoms with Crippen LogP contribution in [0, 0.1) is 5.82 Å². The van der Waals surface area contributed by atoms with Crippen LogP contribution in [0.5, 0.6) is 11.5 Å². The van der Waals surface area contributed by atoms with E-state index in [2.05, 4.69) is 0 Å². The number of hydrogen-bond acceptors (Lipinski definition) is 3. The number of halogens is 1. The monoisotopic (exact) mass is 210 g/mol. The molecule has 3 nitrogen and oxygen atoms in total. The van der Waals surface area contributed by atoms with Crippen LogP contribution in [0.3, 0.4) is 0 Å². The minimum Gasteiger partial charge on any atom is -0.453 e. The topological polar surface area (TPSA) is 38.7 Å². The molecule has 1 fully saturated rings. The van der Waals surface area contributed by atoms with Crippen LogP contribution in [0.2, 0.25) is 0 Å². The van der Waals surface area contributed by atoms with Gasteiger partial charge in [-0.25, -0.2) is 4.39 Å². The molecule has 0 radical (unpaired) electrons. The molecule has 0 bridgehead atoms. The fraction of sp³-hybridized carbons (Fsp3) is 0.455. The van der Waals surface area contributed by atoms with E-state index in [1.54, 1.807) is 6.07 Å². The summed E-state index contributed by atoms with van der Waals surface area (Å²) in [6, 6.07) is 3.01. The number of fused-ring (bicyclic) bond motifs is 1. The Hall–Kier alpha value is -1.29. The highest BCUT2D eigenvalue weighted by Gasteiger charge is 2.41. The summed E-state index contributed by atoms with van der Waals surface area (Å²) in [5, 5.41) is 9.79. The summed E-state index contributed by atoms with van der Waals surface area (Å²) >= 11 is 0. The maximum Gasteiger partial charge on any atom is 0.231 e. The first-order valence-electron chi connectivity index (χ1n) is 4.97. The van der Waals surface area contributed by atoms with E-state index in [-0.39, 0.29) is 12.5 Å². The van der Waals surface area contributed by atoms with Gasteiger partial charge < -0.3 is 14.6 Å². The maximum absolute atomic E-state index is 13.3. The van der Waals surface area contributed by atoms with Crippen LogP contribution in [-0.4, -0.2) is 17.5 Å². The molecule has 0 atom stereocenters. The minimum absolute atomic E-state index is 0.0572. The van der Waals surface area contributed by atoms with Crippen LogP contribution in [0.1, 0.15) is 18.4 Å². The van der Waals surface area contributed by atoms with E-state index in [9.17, 15) is 9.50 Å². The van der Waals surface area contributed by atoms with Gasteiger partial charge in [0.1, 0.15) is 0 Å². The number of hydrogen-bond donors (Lipinski definition) is 1. The first kappa shape index (κ1) is 8.97. The Balaban J connectivity index is 1.98. The molecule has 15 heavy (non-hydrogen) atoms. The van der Waals surface area contributed by atoms with Crippen molar-refractivity contribution < 1.29 is 19.0 Å². The molecule has 1 aromatic carbocycles. The summed E-state index contributed by atoms with van der Waals surface area (Å²) in [4.78, 5) is 0. The minimum atomic E-state index is -0.600. The molecule has 0 spiro atoms. The molecule has 1 aromatic rings. The summed E-state index contributed by atoms with van der Waals surface area (Å²) in [6.07, 6.45) is 2.12. The Bertz CT molecular complexity index is 413. The van der Waals surface area contributed by atoms with E-state index in [4.69, 9.17) is 9.47 Å². The second-order valence-corrected chi connectivity index (χ2v) is 4.17. The van der Waals surface area contributed by atoms with Gasteiger partial charge in [0.25, 0.3) is 0 Å². The van der Waals surface area contributed by atoms with Gasteiger partial charge in [-0.2, -0.15) is 0 Å². The van der Waals surface area contributed by atoms with Crippen LogP contribution >= 0.6 is 0 Å². The van der Waals surface area contributed by atoms with Gasteiger partial charge in [-0.15, -0.1) is 0 Å². The van der Waals surface area contributed by atoms with E-state index >= 15 is 0 Å². The molecule has 1 aliphatic carbocycles. The molecule has 0 unspecified atom stereocenters. The van der Waals surface area contributed by atoms with E-state index < -0.39 is 11.4 Å². The Morgan fingerprint density at radius 1 is 1.27 bits per heavy atom. The zero-order valence-corrected chi connectivity index (χ0v) is 8.12. The summed E-state index contributed by atoms with van der Waals surface area (Å²) in [5.74, 6) is 0.223. The molecule has 4 heteroatoms. The van der Waals surface area contributed by atoms with E-state index in [1.807, 2.05) is 0 Å². The van der Waals surface area contributed by atoms with Gasteiger partial charge in [0, 0.05) is 12.0 Å². The fourth-order valence-electron chi connectivity index (χ4n) is 1.83. The van der Waals surface area contributed by atoms with Crippen LogP contribution in [0.25, 0.3) is 0 Å². The van der Waals surface area contributed by atoms with E-state index in [0.717, 1.165) is 18.4 Å². The van der Waals surface area contributed by atoms with E-state index in [1.165, 1.54) is 6.07 Å². The van der Waals surface area contributed by atoms with Gasteiger partial charge in [0.05, 0.1) is 5.60 Å². The quantitative estimate of drug-likeness (QED) is 0.806. The lowest BCUT2D eigenvalue weighted by atomic mass is 10.0. The van der Waals surface area contributed by atoms with Gasteiger partial charge in [-0.1, -0.05) is 6.07 Å². The highest BCUT2D eigenvalue weighted by atomic mass is 19.1. The van der Waals surface area contributed by atoms with Gasteiger partial charge in [-0.3, -0.25) is 0 Å². The highest BCUT2D eigenvalue weighted by Crippen LogP contribution is 2.44. The predicted octanol–water partition coefficient (Wildman–Crippen LogP) is 1.62. The third-order valence-electron chi connectivity index (χ3n) is 2.90. The van der Waals surface area contributed by atoms with Crippen molar-refractivity contribution in [2.45, 2.75) is 24.9 Å². The number of benzene rings is 1. The lowest BCUT2D eigenvalue weighted by Crippen LogP contribution is -2.11. The van der Waals surface area contributed by atoms with Gasteiger partial charge in [0.15, 0.2) is 11.6 Å². The van der Waals surface area contributed by atoms with Crippen molar-refractivity contribution in [3.8, 4) is 11.5 Å². The number of ether oxygens (including phenoxy) is 2. The average molecular weight is 210 g/mol. The van der Waals surface area contributed by atoms with Crippen molar-refractivity contribution in [1.29, 1.82) is 0 Å². The second kappa shape index (κ2) is 2.85. The van der Waals surface area contributed by atoms with Gasteiger partial charge in [-0.05, 0) is 18.9 Å². The lowest BCUT2D eigenvalue weighted by molar-refractivity contribution is 0.147. The lowest BCUT2D eigenvalue weighted by Gasteiger charge is -2.10. The molecule has 2 aliphatic rings.